The van der Waals surface area contributed by atoms with Gasteiger partial charge in [0.25, 0.3) is 0 Å². The van der Waals surface area contributed by atoms with Crippen molar-refractivity contribution >= 4 is 0 Å². The molecule has 0 heterocycles. The first-order valence-electron chi connectivity index (χ1n) is 6.19. The Labute approximate surface area is 98.0 Å². The summed E-state index contributed by atoms with van der Waals surface area (Å²) < 4.78 is 5.03. The first-order valence-corrected chi connectivity index (χ1v) is 6.19. The third kappa shape index (κ3) is 2.83. The summed E-state index contributed by atoms with van der Waals surface area (Å²) in [6.07, 6.45) is 4.14. The number of ether oxygens (including phenoxy) is 1. The van der Waals surface area contributed by atoms with Crippen molar-refractivity contribution in [2.75, 3.05) is 20.3 Å². The Hall–Kier alpha value is -0.860. The number of benzene rings is 1. The predicted octanol–water partition coefficient (Wildman–Crippen LogP) is 2.69. The molecule has 2 rings (SSSR count). The Morgan fingerprint density at radius 3 is 2.81 bits per heavy atom. The molecule has 2 heteroatoms. The quantitative estimate of drug-likeness (QED) is 0.743. The minimum Gasteiger partial charge on any atom is -0.383 e. The smallest absolute Gasteiger partial charge is 0.0587 e. The summed E-state index contributed by atoms with van der Waals surface area (Å²) >= 11 is 0. The standard InChI is InChI=1S/C14H21NO/c1-16-10-9-15-11-13-5-2-3-8-14(13)12-6-4-7-12/h2-3,5,8,12,15H,4,6-7,9-11H2,1H3. The number of nitrogens with one attached hydrogen (secondary N) is 1. The summed E-state index contributed by atoms with van der Waals surface area (Å²) in [5.41, 5.74) is 3.02. The van der Waals surface area contributed by atoms with Gasteiger partial charge in [-0.25, -0.2) is 0 Å². The molecular weight excluding hydrogens is 198 g/mol. The van der Waals surface area contributed by atoms with Crippen LogP contribution in [0.3, 0.4) is 0 Å². The van der Waals surface area contributed by atoms with Gasteiger partial charge in [0.15, 0.2) is 0 Å². The Kier molecular flexibility index (Phi) is 4.37. The van der Waals surface area contributed by atoms with Crippen molar-refractivity contribution in [2.45, 2.75) is 31.7 Å². The van der Waals surface area contributed by atoms with Gasteiger partial charge in [0.2, 0.25) is 0 Å². The van der Waals surface area contributed by atoms with Crippen LogP contribution >= 0.6 is 0 Å². The molecule has 1 aliphatic carbocycles. The van der Waals surface area contributed by atoms with Gasteiger partial charge in [-0.3, -0.25) is 0 Å². The number of rotatable bonds is 6. The van der Waals surface area contributed by atoms with Crippen molar-refractivity contribution in [1.29, 1.82) is 0 Å². The molecule has 0 unspecified atom stereocenters. The average molecular weight is 219 g/mol. The number of methoxy groups -OCH3 is 1. The molecule has 0 saturated heterocycles. The van der Waals surface area contributed by atoms with Gasteiger partial charge in [-0.15, -0.1) is 0 Å². The molecule has 16 heavy (non-hydrogen) atoms. The monoisotopic (exact) mass is 219 g/mol. The van der Waals surface area contributed by atoms with E-state index in [4.69, 9.17) is 4.74 Å². The van der Waals surface area contributed by atoms with Crippen LogP contribution in [-0.2, 0) is 11.3 Å². The zero-order valence-corrected chi connectivity index (χ0v) is 10.0. The van der Waals surface area contributed by atoms with Crippen LogP contribution in [0.4, 0.5) is 0 Å². The molecule has 88 valence electrons. The van der Waals surface area contributed by atoms with Crippen LogP contribution in [0.15, 0.2) is 24.3 Å². The molecule has 2 nitrogen and oxygen atoms in total. The molecule has 0 spiro atoms. The summed E-state index contributed by atoms with van der Waals surface area (Å²) in [7, 11) is 1.74. The fourth-order valence-electron chi connectivity index (χ4n) is 2.21. The molecule has 0 aromatic heterocycles. The normalized spacial score (nSPS) is 16.1. The van der Waals surface area contributed by atoms with E-state index in [1.165, 1.54) is 24.8 Å². The molecule has 1 aromatic rings. The molecule has 0 radical (unpaired) electrons. The van der Waals surface area contributed by atoms with Gasteiger partial charge in [-0.2, -0.15) is 0 Å². The Bertz CT molecular complexity index is 320. The summed E-state index contributed by atoms with van der Waals surface area (Å²) in [6.45, 7) is 2.68. The largest absolute Gasteiger partial charge is 0.383 e. The summed E-state index contributed by atoms with van der Waals surface area (Å²) in [4.78, 5) is 0. The van der Waals surface area contributed by atoms with Gasteiger partial charge < -0.3 is 10.1 Å². The van der Waals surface area contributed by atoms with E-state index >= 15 is 0 Å². The molecule has 0 atom stereocenters. The molecule has 1 saturated carbocycles. The van der Waals surface area contributed by atoms with Crippen LogP contribution in [0.2, 0.25) is 0 Å². The van der Waals surface area contributed by atoms with Crippen molar-refractivity contribution in [3.63, 3.8) is 0 Å². The molecule has 1 N–H and O–H groups in total. The van der Waals surface area contributed by atoms with Gasteiger partial charge in [-0.1, -0.05) is 30.7 Å². The van der Waals surface area contributed by atoms with Crippen molar-refractivity contribution in [3.05, 3.63) is 35.4 Å². The van der Waals surface area contributed by atoms with E-state index in [1.54, 1.807) is 12.7 Å². The van der Waals surface area contributed by atoms with Gasteiger partial charge in [0.1, 0.15) is 0 Å². The van der Waals surface area contributed by atoms with Crippen LogP contribution < -0.4 is 5.32 Å². The van der Waals surface area contributed by atoms with Crippen molar-refractivity contribution in [3.8, 4) is 0 Å². The maximum Gasteiger partial charge on any atom is 0.0587 e. The van der Waals surface area contributed by atoms with E-state index in [-0.39, 0.29) is 0 Å². The molecule has 0 bridgehead atoms. The lowest BCUT2D eigenvalue weighted by Crippen LogP contribution is -2.20. The topological polar surface area (TPSA) is 21.3 Å². The number of hydrogen-bond donors (Lipinski definition) is 1. The van der Waals surface area contributed by atoms with E-state index < -0.39 is 0 Å². The highest BCUT2D eigenvalue weighted by Crippen LogP contribution is 2.37. The minimum absolute atomic E-state index is 0.783. The Morgan fingerprint density at radius 2 is 2.12 bits per heavy atom. The summed E-state index contributed by atoms with van der Waals surface area (Å²) in [6, 6.07) is 8.83. The van der Waals surface area contributed by atoms with E-state index in [2.05, 4.69) is 29.6 Å². The zero-order chi connectivity index (χ0) is 11.2. The SMILES string of the molecule is COCCNCc1ccccc1C1CCC1. The fourth-order valence-corrected chi connectivity index (χ4v) is 2.21. The third-order valence-electron chi connectivity index (χ3n) is 3.40. The van der Waals surface area contributed by atoms with Gasteiger partial charge in [-0.05, 0) is 29.9 Å². The maximum absolute atomic E-state index is 5.03. The molecule has 1 fully saturated rings. The van der Waals surface area contributed by atoms with Crippen molar-refractivity contribution in [1.82, 2.24) is 5.32 Å². The lowest BCUT2D eigenvalue weighted by Gasteiger charge is -2.28. The van der Waals surface area contributed by atoms with E-state index in [1.807, 2.05) is 0 Å². The van der Waals surface area contributed by atoms with E-state index in [9.17, 15) is 0 Å². The second-order valence-corrected chi connectivity index (χ2v) is 4.50. The maximum atomic E-state index is 5.03. The van der Waals surface area contributed by atoms with Crippen LogP contribution in [0.1, 0.15) is 36.3 Å². The highest BCUT2D eigenvalue weighted by molar-refractivity contribution is 5.31. The van der Waals surface area contributed by atoms with Crippen LogP contribution in [0, 0.1) is 0 Å². The first-order chi connectivity index (χ1) is 7.92. The average Bonchev–Trinajstić information content (AvgIpc) is 2.24. The molecule has 1 aliphatic rings. The molecule has 1 aromatic carbocycles. The molecule has 0 aliphatic heterocycles. The number of hydrogen-bond acceptors (Lipinski definition) is 2. The lowest BCUT2D eigenvalue weighted by atomic mass is 9.78. The van der Waals surface area contributed by atoms with Crippen LogP contribution in [0.5, 0.6) is 0 Å². The first kappa shape index (κ1) is 11.6. The van der Waals surface area contributed by atoms with Gasteiger partial charge in [0, 0.05) is 20.2 Å². The van der Waals surface area contributed by atoms with E-state index in [0.717, 1.165) is 25.6 Å². The second-order valence-electron chi connectivity index (χ2n) is 4.50. The Balaban J connectivity index is 1.91. The molecular formula is C14H21NO. The minimum atomic E-state index is 0.783. The van der Waals surface area contributed by atoms with Crippen molar-refractivity contribution < 1.29 is 4.74 Å². The van der Waals surface area contributed by atoms with Crippen LogP contribution in [0.25, 0.3) is 0 Å². The second kappa shape index (κ2) is 6.02. The van der Waals surface area contributed by atoms with Gasteiger partial charge in [0.05, 0.1) is 6.61 Å². The lowest BCUT2D eigenvalue weighted by molar-refractivity contribution is 0.199. The molecule has 0 amide bonds. The Morgan fingerprint density at radius 1 is 1.31 bits per heavy atom. The summed E-state index contributed by atoms with van der Waals surface area (Å²) in [5.74, 6) is 0.820. The van der Waals surface area contributed by atoms with Crippen LogP contribution in [-0.4, -0.2) is 20.3 Å². The van der Waals surface area contributed by atoms with Crippen molar-refractivity contribution in [2.24, 2.45) is 0 Å². The highest BCUT2D eigenvalue weighted by atomic mass is 16.5. The summed E-state index contributed by atoms with van der Waals surface area (Å²) in [5, 5.41) is 3.42. The predicted molar refractivity (Wildman–Crippen MR) is 66.6 cm³/mol. The van der Waals surface area contributed by atoms with E-state index in [0.29, 0.717) is 0 Å². The fraction of sp³-hybridized carbons (Fsp3) is 0.571. The highest BCUT2D eigenvalue weighted by Gasteiger charge is 2.21. The van der Waals surface area contributed by atoms with Gasteiger partial charge >= 0.3 is 0 Å². The zero-order valence-electron chi connectivity index (χ0n) is 10.0. The third-order valence-corrected chi connectivity index (χ3v) is 3.40.